The summed E-state index contributed by atoms with van der Waals surface area (Å²) in [7, 11) is 3.55. The van der Waals surface area contributed by atoms with E-state index in [2.05, 4.69) is 9.88 Å². The lowest BCUT2D eigenvalue weighted by molar-refractivity contribution is -0.108. The fraction of sp³-hybridized carbons (Fsp3) is 0.647. The molecular formula is C17H26N4O2. The van der Waals surface area contributed by atoms with Crippen LogP contribution < -0.4 is 0 Å². The molecule has 0 saturated carbocycles. The van der Waals surface area contributed by atoms with Crippen LogP contribution in [0, 0.1) is 5.92 Å². The van der Waals surface area contributed by atoms with Crippen molar-refractivity contribution in [3.05, 3.63) is 30.1 Å². The van der Waals surface area contributed by atoms with Gasteiger partial charge in [0.1, 0.15) is 0 Å². The highest BCUT2D eigenvalue weighted by Gasteiger charge is 2.46. The van der Waals surface area contributed by atoms with Crippen LogP contribution in [-0.4, -0.2) is 76.7 Å². The molecule has 0 aromatic carbocycles. The molecule has 2 amide bonds. The predicted octanol–water partition coefficient (Wildman–Crippen LogP) is 1.02. The summed E-state index contributed by atoms with van der Waals surface area (Å²) < 4.78 is 0. The van der Waals surface area contributed by atoms with Crippen molar-refractivity contribution in [3.63, 3.8) is 0 Å². The van der Waals surface area contributed by atoms with Gasteiger partial charge in [-0.05, 0) is 25.0 Å². The molecule has 6 nitrogen and oxygen atoms in total. The van der Waals surface area contributed by atoms with Crippen molar-refractivity contribution in [1.82, 2.24) is 19.7 Å². The van der Waals surface area contributed by atoms with E-state index in [0.29, 0.717) is 19.5 Å². The van der Waals surface area contributed by atoms with Crippen LogP contribution in [0.5, 0.6) is 0 Å². The van der Waals surface area contributed by atoms with Crippen LogP contribution in [0.4, 0.5) is 4.79 Å². The average molecular weight is 318 g/mol. The Morgan fingerprint density at radius 2 is 2.13 bits per heavy atom. The second-order valence-corrected chi connectivity index (χ2v) is 6.98. The van der Waals surface area contributed by atoms with Gasteiger partial charge in [0, 0.05) is 58.9 Å². The summed E-state index contributed by atoms with van der Waals surface area (Å²) in [5, 5.41) is 10.9. The number of nitrogens with zero attached hydrogens (tertiary/aromatic N) is 4. The monoisotopic (exact) mass is 318 g/mol. The van der Waals surface area contributed by atoms with Crippen molar-refractivity contribution in [1.29, 1.82) is 0 Å². The molecule has 0 aliphatic carbocycles. The maximum atomic E-state index is 12.2. The van der Waals surface area contributed by atoms with Crippen molar-refractivity contribution in [2.24, 2.45) is 5.92 Å². The summed E-state index contributed by atoms with van der Waals surface area (Å²) in [5.74, 6) is 0.109. The molecule has 0 bridgehead atoms. The number of aliphatic hydroxyl groups is 1. The molecule has 0 radical (unpaired) electrons. The van der Waals surface area contributed by atoms with E-state index in [0.717, 1.165) is 31.7 Å². The Morgan fingerprint density at radius 1 is 1.35 bits per heavy atom. The van der Waals surface area contributed by atoms with E-state index in [9.17, 15) is 9.90 Å². The van der Waals surface area contributed by atoms with Crippen molar-refractivity contribution >= 4 is 6.03 Å². The van der Waals surface area contributed by atoms with Crippen molar-refractivity contribution in [2.75, 3.05) is 40.3 Å². The summed E-state index contributed by atoms with van der Waals surface area (Å²) in [5.41, 5.74) is 0.430. The van der Waals surface area contributed by atoms with Gasteiger partial charge in [0.15, 0.2) is 0 Å². The van der Waals surface area contributed by atoms with Crippen molar-refractivity contribution in [3.8, 4) is 0 Å². The van der Waals surface area contributed by atoms with Gasteiger partial charge in [-0.15, -0.1) is 0 Å². The summed E-state index contributed by atoms with van der Waals surface area (Å²) in [6, 6.07) is 5.99. The van der Waals surface area contributed by atoms with Gasteiger partial charge in [-0.1, -0.05) is 6.07 Å². The molecule has 3 rings (SSSR count). The zero-order valence-electron chi connectivity index (χ0n) is 14.0. The van der Waals surface area contributed by atoms with E-state index < -0.39 is 5.60 Å². The Labute approximate surface area is 137 Å². The van der Waals surface area contributed by atoms with E-state index in [1.54, 1.807) is 19.0 Å². The number of likely N-dealkylation sites (tertiary alicyclic amines) is 2. The topological polar surface area (TPSA) is 59.9 Å². The number of carbonyl (C=O) groups is 1. The summed E-state index contributed by atoms with van der Waals surface area (Å²) in [6.45, 7) is 3.76. The highest BCUT2D eigenvalue weighted by atomic mass is 16.3. The van der Waals surface area contributed by atoms with E-state index in [4.69, 9.17) is 0 Å². The van der Waals surface area contributed by atoms with E-state index in [1.807, 2.05) is 29.3 Å². The zero-order valence-corrected chi connectivity index (χ0v) is 14.0. The molecule has 0 unspecified atom stereocenters. The predicted molar refractivity (Wildman–Crippen MR) is 87.8 cm³/mol. The first-order chi connectivity index (χ1) is 11.0. The number of hydrogen-bond acceptors (Lipinski definition) is 4. The highest BCUT2D eigenvalue weighted by molar-refractivity contribution is 5.74. The Kier molecular flexibility index (Phi) is 4.55. The van der Waals surface area contributed by atoms with Gasteiger partial charge in [0.25, 0.3) is 0 Å². The van der Waals surface area contributed by atoms with Crippen LogP contribution >= 0.6 is 0 Å². The van der Waals surface area contributed by atoms with E-state index in [-0.39, 0.29) is 11.9 Å². The number of rotatable bonds is 2. The first kappa shape index (κ1) is 16.2. The summed E-state index contributed by atoms with van der Waals surface area (Å²) in [6.07, 6.45) is 3.26. The van der Waals surface area contributed by atoms with E-state index in [1.165, 1.54) is 0 Å². The lowest BCUT2D eigenvalue weighted by atomic mass is 9.75. The quantitative estimate of drug-likeness (QED) is 0.884. The summed E-state index contributed by atoms with van der Waals surface area (Å²) in [4.78, 5) is 22.4. The number of amides is 2. The van der Waals surface area contributed by atoms with E-state index >= 15 is 0 Å². The van der Waals surface area contributed by atoms with Gasteiger partial charge < -0.3 is 14.9 Å². The molecule has 2 aliphatic heterocycles. The minimum absolute atomic E-state index is 0.0360. The second-order valence-electron chi connectivity index (χ2n) is 6.98. The van der Waals surface area contributed by atoms with Gasteiger partial charge in [-0.25, -0.2) is 4.79 Å². The Bertz CT molecular complexity index is 551. The van der Waals surface area contributed by atoms with Gasteiger partial charge >= 0.3 is 6.03 Å². The third kappa shape index (κ3) is 3.48. The highest BCUT2D eigenvalue weighted by Crippen LogP contribution is 2.36. The maximum absolute atomic E-state index is 12.2. The first-order valence-corrected chi connectivity index (χ1v) is 8.29. The molecule has 0 spiro atoms. The number of piperidine rings is 2. The molecule has 2 aliphatic rings. The molecule has 23 heavy (non-hydrogen) atoms. The number of hydrogen-bond donors (Lipinski definition) is 1. The van der Waals surface area contributed by atoms with Crippen LogP contribution in [0.25, 0.3) is 0 Å². The zero-order chi connectivity index (χ0) is 16.4. The number of fused-ring (bicyclic) bond motifs is 1. The fourth-order valence-electron chi connectivity index (χ4n) is 3.69. The van der Waals surface area contributed by atoms with Crippen LogP contribution in [0.15, 0.2) is 24.4 Å². The number of pyridine rings is 1. The molecule has 1 N–H and O–H groups in total. The first-order valence-electron chi connectivity index (χ1n) is 8.29. The smallest absolute Gasteiger partial charge is 0.319 e. The van der Waals surface area contributed by atoms with Crippen molar-refractivity contribution < 1.29 is 9.90 Å². The van der Waals surface area contributed by atoms with Gasteiger partial charge in [0.05, 0.1) is 11.3 Å². The van der Waals surface area contributed by atoms with Gasteiger partial charge in [-0.2, -0.15) is 0 Å². The molecular weight excluding hydrogens is 292 g/mol. The molecule has 2 atom stereocenters. The molecule has 1 aromatic heterocycles. The summed E-state index contributed by atoms with van der Waals surface area (Å²) >= 11 is 0. The van der Waals surface area contributed by atoms with Crippen LogP contribution in [0.1, 0.15) is 18.5 Å². The standard InChI is InChI=1S/C17H26N4O2/c1-19(2)16(22)21-10-7-17(23)6-9-20(11-14(17)12-21)13-15-5-3-4-8-18-15/h3-5,8,14,23H,6-7,9-13H2,1-2H3/t14-,17-/m0/s1. The largest absolute Gasteiger partial charge is 0.389 e. The molecule has 3 heterocycles. The van der Waals surface area contributed by atoms with Crippen LogP contribution in [-0.2, 0) is 6.54 Å². The van der Waals surface area contributed by atoms with Gasteiger partial charge in [-0.3, -0.25) is 9.88 Å². The fourth-order valence-corrected chi connectivity index (χ4v) is 3.69. The third-order valence-electron chi connectivity index (χ3n) is 5.12. The molecule has 1 aromatic rings. The SMILES string of the molecule is CN(C)C(=O)N1CC[C@@]2(O)CCN(Cc3ccccn3)C[C@H]2C1. The number of aromatic nitrogens is 1. The molecule has 126 valence electrons. The van der Waals surface area contributed by atoms with Gasteiger partial charge in [0.2, 0.25) is 0 Å². The molecule has 6 heteroatoms. The average Bonchev–Trinajstić information content (AvgIpc) is 2.55. The Hall–Kier alpha value is -1.66. The normalized spacial score (nSPS) is 28.3. The Balaban J connectivity index is 1.65. The molecule has 2 saturated heterocycles. The lowest BCUT2D eigenvalue weighted by Gasteiger charge is -2.50. The lowest BCUT2D eigenvalue weighted by Crippen LogP contribution is -2.61. The van der Waals surface area contributed by atoms with Crippen molar-refractivity contribution in [2.45, 2.75) is 25.0 Å². The molecule has 2 fully saturated rings. The second kappa shape index (κ2) is 6.45. The minimum atomic E-state index is -0.621. The van der Waals surface area contributed by atoms with Crippen LogP contribution in [0.3, 0.4) is 0 Å². The number of carbonyl (C=O) groups excluding carboxylic acids is 1. The Morgan fingerprint density at radius 3 is 2.83 bits per heavy atom. The van der Waals surface area contributed by atoms with Crippen LogP contribution in [0.2, 0.25) is 0 Å². The number of urea groups is 1. The minimum Gasteiger partial charge on any atom is -0.389 e. The third-order valence-corrected chi connectivity index (χ3v) is 5.12. The maximum Gasteiger partial charge on any atom is 0.319 e.